The molecule has 3 amide bonds. The molecule has 0 spiro atoms. The smallest absolute Gasteiger partial charge is 0.326 e. The van der Waals surface area contributed by atoms with Gasteiger partial charge < -0.3 is 36.9 Å². The Kier molecular flexibility index (Phi) is 9.92. The molecule has 8 N–H and O–H groups in total. The topological polar surface area (TPSA) is 200 Å². The van der Waals surface area contributed by atoms with Crippen molar-refractivity contribution in [2.45, 2.75) is 57.8 Å². The maximum absolute atomic E-state index is 12.3. The third-order valence-electron chi connectivity index (χ3n) is 4.22. The number of rotatable bonds is 12. The molecule has 1 heterocycles. The third-order valence-corrected chi connectivity index (χ3v) is 4.22. The summed E-state index contributed by atoms with van der Waals surface area (Å²) in [6, 6.07) is -4.49. The van der Waals surface area contributed by atoms with Gasteiger partial charge in [-0.15, -0.1) is 0 Å². The zero-order valence-electron chi connectivity index (χ0n) is 17.2. The van der Waals surface area contributed by atoms with Crippen LogP contribution in [-0.2, 0) is 25.6 Å². The molecule has 0 bridgehead atoms. The van der Waals surface area contributed by atoms with Crippen LogP contribution in [0.3, 0.4) is 0 Å². The van der Waals surface area contributed by atoms with Crippen LogP contribution in [-0.4, -0.2) is 74.6 Å². The van der Waals surface area contributed by atoms with Crippen LogP contribution in [0.15, 0.2) is 12.5 Å². The highest BCUT2D eigenvalue weighted by molar-refractivity contribution is 5.93. The van der Waals surface area contributed by atoms with Crippen molar-refractivity contribution in [1.82, 2.24) is 25.9 Å². The second-order valence-corrected chi connectivity index (χ2v) is 7.39. The Labute approximate surface area is 174 Å². The lowest BCUT2D eigenvalue weighted by Crippen LogP contribution is -2.57. The number of carbonyl (C=O) groups is 4. The number of imidazole rings is 1. The number of H-pyrrole nitrogens is 1. The molecule has 0 aromatic carbocycles. The maximum atomic E-state index is 12.3. The first kappa shape index (κ1) is 25.0. The summed E-state index contributed by atoms with van der Waals surface area (Å²) in [5.74, 6) is -3.36. The summed E-state index contributed by atoms with van der Waals surface area (Å²) >= 11 is 0. The average Bonchev–Trinajstić information content (AvgIpc) is 3.17. The van der Waals surface area contributed by atoms with Gasteiger partial charge in [0, 0.05) is 18.3 Å². The molecule has 0 fully saturated rings. The van der Waals surface area contributed by atoms with Gasteiger partial charge in [0.05, 0.1) is 19.0 Å². The van der Waals surface area contributed by atoms with Crippen molar-refractivity contribution in [3.05, 3.63) is 18.2 Å². The Morgan fingerprint density at radius 2 is 1.70 bits per heavy atom. The lowest BCUT2D eigenvalue weighted by molar-refractivity contribution is -0.143. The van der Waals surface area contributed by atoms with Crippen LogP contribution in [0, 0.1) is 5.92 Å². The van der Waals surface area contributed by atoms with Gasteiger partial charge in [-0.2, -0.15) is 0 Å². The summed E-state index contributed by atoms with van der Waals surface area (Å²) in [5, 5.41) is 25.7. The number of carbonyl (C=O) groups excluding carboxylic acids is 3. The minimum Gasteiger partial charge on any atom is -0.480 e. The Morgan fingerprint density at radius 1 is 1.07 bits per heavy atom. The standard InChI is InChI=1S/C18H30N6O6/c1-9(2)4-13(18(29)30)23-17(28)14(7-25)24-15(26)10(3)22-16(27)12(19)5-11-6-20-8-21-11/h6,8-10,12-14,25H,4-5,7,19H2,1-3H3,(H,20,21)(H,22,27)(H,23,28)(H,24,26)(H,29,30). The summed E-state index contributed by atoms with van der Waals surface area (Å²) in [7, 11) is 0. The molecule has 12 nitrogen and oxygen atoms in total. The van der Waals surface area contributed by atoms with Gasteiger partial charge in [-0.3, -0.25) is 14.4 Å². The number of hydrogen-bond donors (Lipinski definition) is 7. The quantitative estimate of drug-likeness (QED) is 0.196. The third kappa shape index (κ3) is 8.17. The van der Waals surface area contributed by atoms with E-state index in [1.54, 1.807) is 13.8 Å². The monoisotopic (exact) mass is 426 g/mol. The van der Waals surface area contributed by atoms with Crippen molar-refractivity contribution in [3.8, 4) is 0 Å². The van der Waals surface area contributed by atoms with E-state index < -0.39 is 54.5 Å². The molecular weight excluding hydrogens is 396 g/mol. The second kappa shape index (κ2) is 11.9. The van der Waals surface area contributed by atoms with Gasteiger partial charge in [-0.1, -0.05) is 13.8 Å². The molecule has 0 saturated heterocycles. The molecule has 1 rings (SSSR count). The average molecular weight is 426 g/mol. The largest absolute Gasteiger partial charge is 0.480 e. The van der Waals surface area contributed by atoms with Crippen LogP contribution in [0.2, 0.25) is 0 Å². The van der Waals surface area contributed by atoms with E-state index in [4.69, 9.17) is 5.73 Å². The zero-order valence-corrected chi connectivity index (χ0v) is 17.2. The number of aromatic nitrogens is 2. The van der Waals surface area contributed by atoms with Gasteiger partial charge in [-0.25, -0.2) is 9.78 Å². The van der Waals surface area contributed by atoms with E-state index in [1.807, 2.05) is 0 Å². The van der Waals surface area contributed by atoms with Crippen LogP contribution in [0.4, 0.5) is 0 Å². The van der Waals surface area contributed by atoms with Gasteiger partial charge in [0.15, 0.2) is 0 Å². The van der Waals surface area contributed by atoms with Crippen LogP contribution >= 0.6 is 0 Å². The summed E-state index contributed by atoms with van der Waals surface area (Å²) in [5.41, 5.74) is 6.46. The first-order valence-corrected chi connectivity index (χ1v) is 9.52. The van der Waals surface area contributed by atoms with Gasteiger partial charge in [0.25, 0.3) is 0 Å². The molecular formula is C18H30N6O6. The van der Waals surface area contributed by atoms with Gasteiger partial charge in [-0.05, 0) is 19.3 Å². The molecule has 0 aliphatic carbocycles. The molecule has 1 aromatic heterocycles. The maximum Gasteiger partial charge on any atom is 0.326 e. The van der Waals surface area contributed by atoms with Crippen LogP contribution in [0.25, 0.3) is 0 Å². The first-order valence-electron chi connectivity index (χ1n) is 9.52. The zero-order chi connectivity index (χ0) is 22.8. The number of aromatic amines is 1. The van der Waals surface area contributed by atoms with Crippen molar-refractivity contribution in [2.24, 2.45) is 11.7 Å². The van der Waals surface area contributed by atoms with E-state index in [0.29, 0.717) is 5.69 Å². The first-order chi connectivity index (χ1) is 14.0. The number of nitrogens with two attached hydrogens (primary N) is 1. The fraction of sp³-hybridized carbons (Fsp3) is 0.611. The predicted octanol–water partition coefficient (Wildman–Crippen LogP) is -2.12. The normalized spacial score (nSPS) is 15.0. The highest BCUT2D eigenvalue weighted by Gasteiger charge is 2.28. The Balaban J connectivity index is 2.60. The fourth-order valence-electron chi connectivity index (χ4n) is 2.57. The molecule has 168 valence electrons. The minimum absolute atomic E-state index is 0.00905. The SMILES string of the molecule is CC(C)CC(NC(=O)C(CO)NC(=O)C(C)NC(=O)C(N)Cc1cnc[nH]1)C(=O)O. The van der Waals surface area contributed by atoms with E-state index in [9.17, 15) is 29.4 Å². The Bertz CT molecular complexity index is 723. The van der Waals surface area contributed by atoms with Crippen molar-refractivity contribution < 1.29 is 29.4 Å². The van der Waals surface area contributed by atoms with E-state index in [1.165, 1.54) is 19.4 Å². The number of aliphatic hydroxyl groups is 1. The highest BCUT2D eigenvalue weighted by atomic mass is 16.4. The number of nitrogens with zero attached hydrogens (tertiary/aromatic N) is 1. The summed E-state index contributed by atoms with van der Waals surface area (Å²) in [4.78, 5) is 54.6. The van der Waals surface area contributed by atoms with Crippen molar-refractivity contribution in [2.75, 3.05) is 6.61 Å². The molecule has 4 unspecified atom stereocenters. The number of hydrogen-bond acceptors (Lipinski definition) is 7. The minimum atomic E-state index is -1.37. The Morgan fingerprint density at radius 3 is 2.20 bits per heavy atom. The van der Waals surface area contributed by atoms with E-state index in [0.717, 1.165) is 0 Å². The van der Waals surface area contributed by atoms with Crippen molar-refractivity contribution >= 4 is 23.7 Å². The van der Waals surface area contributed by atoms with E-state index in [2.05, 4.69) is 25.9 Å². The van der Waals surface area contributed by atoms with E-state index in [-0.39, 0.29) is 18.8 Å². The number of nitrogens with one attached hydrogen (secondary N) is 4. The van der Waals surface area contributed by atoms with Crippen LogP contribution in [0.5, 0.6) is 0 Å². The lowest BCUT2D eigenvalue weighted by atomic mass is 10.0. The van der Waals surface area contributed by atoms with Crippen molar-refractivity contribution in [3.63, 3.8) is 0 Å². The summed E-state index contributed by atoms with van der Waals surface area (Å²) in [6.07, 6.45) is 3.35. The molecule has 0 radical (unpaired) electrons. The molecule has 30 heavy (non-hydrogen) atoms. The lowest BCUT2D eigenvalue weighted by Gasteiger charge is -2.23. The number of carboxylic acids is 1. The van der Waals surface area contributed by atoms with Crippen LogP contribution < -0.4 is 21.7 Å². The van der Waals surface area contributed by atoms with Gasteiger partial charge in [0.2, 0.25) is 17.7 Å². The number of aliphatic hydroxyl groups excluding tert-OH is 1. The summed E-state index contributed by atoms with van der Waals surface area (Å²) < 4.78 is 0. The number of amides is 3. The Hall–Kier alpha value is -2.99. The molecule has 0 saturated carbocycles. The van der Waals surface area contributed by atoms with E-state index >= 15 is 0 Å². The van der Waals surface area contributed by atoms with Gasteiger partial charge in [0.1, 0.15) is 18.1 Å². The predicted molar refractivity (Wildman–Crippen MR) is 106 cm³/mol. The number of aliphatic carboxylic acids is 1. The highest BCUT2D eigenvalue weighted by Crippen LogP contribution is 2.05. The summed E-state index contributed by atoms with van der Waals surface area (Å²) in [6.45, 7) is 4.25. The molecule has 0 aliphatic rings. The molecule has 4 atom stereocenters. The van der Waals surface area contributed by atoms with Crippen molar-refractivity contribution in [1.29, 1.82) is 0 Å². The van der Waals surface area contributed by atoms with Gasteiger partial charge >= 0.3 is 5.97 Å². The molecule has 12 heteroatoms. The number of carboxylic acid groups (broad SMARTS) is 1. The molecule has 1 aromatic rings. The fourth-order valence-corrected chi connectivity index (χ4v) is 2.57. The second-order valence-electron chi connectivity index (χ2n) is 7.39. The van der Waals surface area contributed by atoms with Crippen LogP contribution in [0.1, 0.15) is 32.9 Å². The molecule has 0 aliphatic heterocycles.